The first-order valence-electron chi connectivity index (χ1n) is 8.52. The van der Waals surface area contributed by atoms with Crippen molar-refractivity contribution < 1.29 is 19.0 Å². The molecule has 0 aromatic heterocycles. The van der Waals surface area contributed by atoms with Crippen molar-refractivity contribution in [3.63, 3.8) is 0 Å². The number of methoxy groups -OCH3 is 1. The lowest BCUT2D eigenvalue weighted by Crippen LogP contribution is -2.47. The Balaban J connectivity index is 1.94. The van der Waals surface area contributed by atoms with Crippen molar-refractivity contribution in [2.75, 3.05) is 20.3 Å². The molecule has 2 atom stereocenters. The van der Waals surface area contributed by atoms with Crippen LogP contribution in [0, 0.1) is 0 Å². The van der Waals surface area contributed by atoms with Crippen LogP contribution < -0.4 is 0 Å². The van der Waals surface area contributed by atoms with E-state index >= 15 is 0 Å². The van der Waals surface area contributed by atoms with E-state index in [0.717, 1.165) is 18.4 Å². The molecule has 0 N–H and O–H groups in total. The molecular weight excluding hydrogens is 306 g/mol. The standard InChI is InChI=1S/C19H29NO4/c1-19(2,3)24-18(21)20-16(13-22-4)10-11-17(20)14-23-12-15-8-6-5-7-9-15/h5-9,16-17H,10-14H2,1-4H3/t16-,17+/m1/s1. The largest absolute Gasteiger partial charge is 0.444 e. The summed E-state index contributed by atoms with van der Waals surface area (Å²) in [6, 6.07) is 10.1. The number of nitrogens with zero attached hydrogens (tertiary/aromatic N) is 1. The van der Waals surface area contributed by atoms with Gasteiger partial charge in [-0.2, -0.15) is 0 Å². The number of carbonyl (C=O) groups excluding carboxylic acids is 1. The number of carbonyl (C=O) groups is 1. The minimum absolute atomic E-state index is 0.0312. The zero-order chi connectivity index (χ0) is 17.6. The van der Waals surface area contributed by atoms with Crippen molar-refractivity contribution in [2.45, 2.75) is 57.9 Å². The van der Waals surface area contributed by atoms with Crippen molar-refractivity contribution >= 4 is 6.09 Å². The van der Waals surface area contributed by atoms with Crippen LogP contribution in [0.4, 0.5) is 4.79 Å². The maximum Gasteiger partial charge on any atom is 0.410 e. The molecule has 5 nitrogen and oxygen atoms in total. The second kappa shape index (κ2) is 8.49. The van der Waals surface area contributed by atoms with Gasteiger partial charge in [0.1, 0.15) is 5.60 Å². The Morgan fingerprint density at radius 2 is 1.75 bits per heavy atom. The molecule has 5 heteroatoms. The lowest BCUT2D eigenvalue weighted by molar-refractivity contribution is -0.00811. The number of rotatable bonds is 6. The lowest BCUT2D eigenvalue weighted by atomic mass is 10.2. The van der Waals surface area contributed by atoms with Crippen LogP contribution in [0.25, 0.3) is 0 Å². The number of hydrogen-bond acceptors (Lipinski definition) is 4. The maximum atomic E-state index is 12.6. The number of likely N-dealkylation sites (tertiary alicyclic amines) is 1. The molecule has 134 valence electrons. The van der Waals surface area contributed by atoms with Crippen LogP contribution >= 0.6 is 0 Å². The maximum absolute atomic E-state index is 12.6. The van der Waals surface area contributed by atoms with Crippen molar-refractivity contribution in [1.29, 1.82) is 0 Å². The van der Waals surface area contributed by atoms with Crippen LogP contribution in [-0.2, 0) is 20.8 Å². The van der Waals surface area contributed by atoms with Gasteiger partial charge < -0.3 is 14.2 Å². The normalized spacial score (nSPS) is 21.1. The molecule has 0 spiro atoms. The van der Waals surface area contributed by atoms with Gasteiger partial charge in [-0.05, 0) is 39.2 Å². The molecule has 0 aliphatic carbocycles. The molecule has 1 aliphatic rings. The summed E-state index contributed by atoms with van der Waals surface area (Å²) < 4.78 is 16.7. The number of amides is 1. The van der Waals surface area contributed by atoms with Crippen molar-refractivity contribution in [3.8, 4) is 0 Å². The molecule has 1 amide bonds. The number of ether oxygens (including phenoxy) is 3. The van der Waals surface area contributed by atoms with E-state index in [9.17, 15) is 4.79 Å². The van der Waals surface area contributed by atoms with Gasteiger partial charge in [-0.15, -0.1) is 0 Å². The van der Waals surface area contributed by atoms with E-state index in [2.05, 4.69) is 0 Å². The van der Waals surface area contributed by atoms with Gasteiger partial charge in [0.25, 0.3) is 0 Å². The highest BCUT2D eigenvalue weighted by molar-refractivity contribution is 5.69. The predicted octanol–water partition coefficient (Wildman–Crippen LogP) is 3.62. The molecule has 1 aromatic rings. The summed E-state index contributed by atoms with van der Waals surface area (Å²) in [6.45, 7) is 7.23. The van der Waals surface area contributed by atoms with Gasteiger partial charge in [-0.25, -0.2) is 4.79 Å². The topological polar surface area (TPSA) is 48.0 Å². The summed E-state index contributed by atoms with van der Waals surface area (Å²) in [4.78, 5) is 14.4. The van der Waals surface area contributed by atoms with Gasteiger partial charge >= 0.3 is 6.09 Å². The van der Waals surface area contributed by atoms with Crippen molar-refractivity contribution in [1.82, 2.24) is 4.90 Å². The van der Waals surface area contributed by atoms with Gasteiger partial charge in [0, 0.05) is 7.11 Å². The van der Waals surface area contributed by atoms with Gasteiger partial charge in [0.05, 0.1) is 31.9 Å². The van der Waals surface area contributed by atoms with Crippen LogP contribution in [0.5, 0.6) is 0 Å². The average molecular weight is 335 g/mol. The third-order valence-electron chi connectivity index (χ3n) is 4.01. The van der Waals surface area contributed by atoms with Gasteiger partial charge in [-0.3, -0.25) is 4.90 Å². The Labute approximate surface area is 144 Å². The van der Waals surface area contributed by atoms with E-state index in [1.54, 1.807) is 12.0 Å². The molecule has 1 saturated heterocycles. The SMILES string of the molecule is COC[C@H]1CC[C@@H](COCc2ccccc2)N1C(=O)OC(C)(C)C. The Hall–Kier alpha value is -1.59. The highest BCUT2D eigenvalue weighted by atomic mass is 16.6. The third kappa shape index (κ3) is 5.49. The van der Waals surface area contributed by atoms with Crippen LogP contribution in [0.15, 0.2) is 30.3 Å². The van der Waals surface area contributed by atoms with E-state index in [1.807, 2.05) is 51.1 Å². The molecule has 0 bridgehead atoms. The highest BCUT2D eigenvalue weighted by Gasteiger charge is 2.39. The van der Waals surface area contributed by atoms with Crippen LogP contribution in [0.3, 0.4) is 0 Å². The van der Waals surface area contributed by atoms with Gasteiger partial charge in [0.15, 0.2) is 0 Å². The molecule has 0 unspecified atom stereocenters. The molecule has 24 heavy (non-hydrogen) atoms. The summed E-state index contributed by atoms with van der Waals surface area (Å²) in [5.41, 5.74) is 0.625. The first-order chi connectivity index (χ1) is 11.4. The minimum Gasteiger partial charge on any atom is -0.444 e. The zero-order valence-corrected chi connectivity index (χ0v) is 15.2. The Morgan fingerprint density at radius 1 is 1.12 bits per heavy atom. The van der Waals surface area contributed by atoms with Crippen LogP contribution in [0.1, 0.15) is 39.2 Å². The summed E-state index contributed by atoms with van der Waals surface area (Å²) >= 11 is 0. The summed E-state index contributed by atoms with van der Waals surface area (Å²) in [7, 11) is 1.66. The van der Waals surface area contributed by atoms with E-state index in [0.29, 0.717) is 19.8 Å². The average Bonchev–Trinajstić information content (AvgIpc) is 2.90. The van der Waals surface area contributed by atoms with Gasteiger partial charge in [0.2, 0.25) is 0 Å². The van der Waals surface area contributed by atoms with E-state index < -0.39 is 5.60 Å². The first kappa shape index (κ1) is 18.7. The fourth-order valence-electron chi connectivity index (χ4n) is 2.98. The quantitative estimate of drug-likeness (QED) is 0.797. The molecule has 0 saturated carbocycles. The highest BCUT2D eigenvalue weighted by Crippen LogP contribution is 2.27. The molecule has 1 fully saturated rings. The smallest absolute Gasteiger partial charge is 0.410 e. The number of benzene rings is 1. The summed E-state index contributed by atoms with van der Waals surface area (Å²) in [6.07, 6.45) is 1.53. The monoisotopic (exact) mass is 335 g/mol. The summed E-state index contributed by atoms with van der Waals surface area (Å²) in [5.74, 6) is 0. The van der Waals surface area contributed by atoms with Crippen LogP contribution in [0.2, 0.25) is 0 Å². The van der Waals surface area contributed by atoms with Crippen molar-refractivity contribution in [2.24, 2.45) is 0 Å². The predicted molar refractivity (Wildman–Crippen MR) is 92.9 cm³/mol. The molecule has 0 radical (unpaired) electrons. The zero-order valence-electron chi connectivity index (χ0n) is 15.2. The van der Waals surface area contributed by atoms with Gasteiger partial charge in [-0.1, -0.05) is 30.3 Å². The molecule has 1 heterocycles. The lowest BCUT2D eigenvalue weighted by Gasteiger charge is -2.32. The minimum atomic E-state index is -0.507. The van der Waals surface area contributed by atoms with Crippen LogP contribution in [-0.4, -0.2) is 49.0 Å². The molecular formula is C19H29NO4. The molecule has 1 aliphatic heterocycles. The Morgan fingerprint density at radius 3 is 2.33 bits per heavy atom. The third-order valence-corrected chi connectivity index (χ3v) is 4.01. The second-order valence-corrected chi connectivity index (χ2v) is 7.23. The first-order valence-corrected chi connectivity index (χ1v) is 8.52. The Kier molecular flexibility index (Phi) is 6.63. The molecule has 1 aromatic carbocycles. The molecule has 2 rings (SSSR count). The number of hydrogen-bond donors (Lipinski definition) is 0. The summed E-state index contributed by atoms with van der Waals surface area (Å²) in [5, 5.41) is 0. The fraction of sp³-hybridized carbons (Fsp3) is 0.632. The van der Waals surface area contributed by atoms with E-state index in [1.165, 1.54) is 0 Å². The van der Waals surface area contributed by atoms with E-state index in [4.69, 9.17) is 14.2 Å². The second-order valence-electron chi connectivity index (χ2n) is 7.23. The fourth-order valence-corrected chi connectivity index (χ4v) is 2.98. The Bertz CT molecular complexity index is 512. The van der Waals surface area contributed by atoms with Crippen molar-refractivity contribution in [3.05, 3.63) is 35.9 Å². The van der Waals surface area contributed by atoms with E-state index in [-0.39, 0.29) is 18.2 Å².